The van der Waals surface area contributed by atoms with Gasteiger partial charge in [0.2, 0.25) is 0 Å². The van der Waals surface area contributed by atoms with E-state index in [9.17, 15) is 9.90 Å². The third kappa shape index (κ3) is 2.34. The minimum Gasteiger partial charge on any atom is -0.507 e. The number of aliphatic hydroxyl groups is 1. The van der Waals surface area contributed by atoms with Gasteiger partial charge in [0.25, 0.3) is 0 Å². The summed E-state index contributed by atoms with van der Waals surface area (Å²) in [6.07, 6.45) is 0.619. The van der Waals surface area contributed by atoms with E-state index in [-0.39, 0.29) is 17.9 Å². The van der Waals surface area contributed by atoms with Crippen LogP contribution in [-0.4, -0.2) is 16.5 Å². The molecule has 3 heteroatoms. The number of hydrogen-bond donors (Lipinski definition) is 2. The second kappa shape index (κ2) is 4.80. The number of phenolic OH excluding ortho intramolecular Hbond substituents is 1. The lowest BCUT2D eigenvalue weighted by atomic mass is 10.0. The summed E-state index contributed by atoms with van der Waals surface area (Å²) < 4.78 is 0. The van der Waals surface area contributed by atoms with Gasteiger partial charge in [0.15, 0.2) is 6.29 Å². The molecule has 2 aromatic rings. The molecule has 0 atom stereocenters. The van der Waals surface area contributed by atoms with Gasteiger partial charge in [-0.25, -0.2) is 0 Å². The van der Waals surface area contributed by atoms with Crippen LogP contribution in [-0.2, 0) is 6.61 Å². The Bertz CT molecular complexity index is 530. The number of aromatic hydroxyl groups is 1. The van der Waals surface area contributed by atoms with Gasteiger partial charge in [-0.1, -0.05) is 30.3 Å². The predicted octanol–water partition coefficient (Wildman–Crippen LogP) is 2.36. The standard InChI is InChI=1S/C14H12O3/c15-8-10-1-3-11(4-2-10)12-5-6-13(9-16)14(17)7-12/h1-7,9,15,17H,8H2. The molecule has 0 aliphatic rings. The molecule has 2 aromatic carbocycles. The summed E-state index contributed by atoms with van der Waals surface area (Å²) >= 11 is 0. The normalized spacial score (nSPS) is 10.2. The van der Waals surface area contributed by atoms with Gasteiger partial charge in [-0.15, -0.1) is 0 Å². The van der Waals surface area contributed by atoms with E-state index < -0.39 is 0 Å². The molecule has 0 spiro atoms. The van der Waals surface area contributed by atoms with Gasteiger partial charge < -0.3 is 10.2 Å². The van der Waals surface area contributed by atoms with Crippen LogP contribution >= 0.6 is 0 Å². The zero-order chi connectivity index (χ0) is 12.3. The highest BCUT2D eigenvalue weighted by Crippen LogP contribution is 2.25. The van der Waals surface area contributed by atoms with Crippen LogP contribution in [0.15, 0.2) is 42.5 Å². The number of aliphatic hydroxyl groups excluding tert-OH is 1. The molecule has 2 rings (SSSR count). The SMILES string of the molecule is O=Cc1ccc(-c2ccc(CO)cc2)cc1O. The number of phenols is 1. The van der Waals surface area contributed by atoms with E-state index in [1.165, 1.54) is 0 Å². The third-order valence-corrected chi connectivity index (χ3v) is 2.63. The molecule has 0 amide bonds. The van der Waals surface area contributed by atoms with E-state index in [0.717, 1.165) is 16.7 Å². The zero-order valence-corrected chi connectivity index (χ0v) is 9.13. The van der Waals surface area contributed by atoms with Crippen molar-refractivity contribution in [2.75, 3.05) is 0 Å². The molecule has 0 aliphatic carbocycles. The van der Waals surface area contributed by atoms with Gasteiger partial charge >= 0.3 is 0 Å². The predicted molar refractivity (Wildman–Crippen MR) is 64.9 cm³/mol. The first-order chi connectivity index (χ1) is 8.24. The Morgan fingerprint density at radius 3 is 2.18 bits per heavy atom. The molecule has 0 unspecified atom stereocenters. The molecule has 3 nitrogen and oxygen atoms in total. The van der Waals surface area contributed by atoms with Crippen molar-refractivity contribution in [3.63, 3.8) is 0 Å². The van der Waals surface area contributed by atoms with Crippen molar-refractivity contribution in [1.29, 1.82) is 0 Å². The highest BCUT2D eigenvalue weighted by molar-refractivity contribution is 5.81. The zero-order valence-electron chi connectivity index (χ0n) is 9.13. The number of rotatable bonds is 3. The first-order valence-corrected chi connectivity index (χ1v) is 5.23. The fourth-order valence-electron chi connectivity index (χ4n) is 1.63. The Morgan fingerprint density at radius 2 is 1.65 bits per heavy atom. The summed E-state index contributed by atoms with van der Waals surface area (Å²) in [6, 6.07) is 12.3. The van der Waals surface area contributed by atoms with Crippen molar-refractivity contribution in [2.45, 2.75) is 6.61 Å². The lowest BCUT2D eigenvalue weighted by molar-refractivity contribution is 0.112. The first kappa shape index (κ1) is 11.4. The van der Waals surface area contributed by atoms with Crippen molar-refractivity contribution in [1.82, 2.24) is 0 Å². The van der Waals surface area contributed by atoms with Crippen LogP contribution in [0.5, 0.6) is 5.75 Å². The third-order valence-electron chi connectivity index (χ3n) is 2.63. The van der Waals surface area contributed by atoms with Crippen molar-refractivity contribution in [3.8, 4) is 16.9 Å². The Hall–Kier alpha value is -2.13. The fraction of sp³-hybridized carbons (Fsp3) is 0.0714. The number of benzene rings is 2. The van der Waals surface area contributed by atoms with E-state index in [2.05, 4.69) is 0 Å². The quantitative estimate of drug-likeness (QED) is 0.793. The molecule has 0 saturated carbocycles. The number of aldehydes is 1. The molecular weight excluding hydrogens is 216 g/mol. The summed E-state index contributed by atoms with van der Waals surface area (Å²) in [6.45, 7) is 0.00953. The van der Waals surface area contributed by atoms with Crippen LogP contribution in [0.2, 0.25) is 0 Å². The smallest absolute Gasteiger partial charge is 0.153 e. The second-order valence-corrected chi connectivity index (χ2v) is 3.75. The molecule has 0 saturated heterocycles. The van der Waals surface area contributed by atoms with Gasteiger partial charge in [0.1, 0.15) is 5.75 Å². The molecule has 0 aliphatic heterocycles. The first-order valence-electron chi connectivity index (χ1n) is 5.23. The van der Waals surface area contributed by atoms with Gasteiger partial charge in [-0.2, -0.15) is 0 Å². The van der Waals surface area contributed by atoms with Crippen molar-refractivity contribution < 1.29 is 15.0 Å². The maximum absolute atomic E-state index is 10.6. The maximum atomic E-state index is 10.6. The summed E-state index contributed by atoms with van der Waals surface area (Å²) in [7, 11) is 0. The van der Waals surface area contributed by atoms with Gasteiger partial charge in [0, 0.05) is 0 Å². The molecule has 2 N–H and O–H groups in total. The van der Waals surface area contributed by atoms with Crippen LogP contribution < -0.4 is 0 Å². The number of carbonyl (C=O) groups is 1. The highest BCUT2D eigenvalue weighted by Gasteiger charge is 2.03. The van der Waals surface area contributed by atoms with Crippen LogP contribution in [0.25, 0.3) is 11.1 Å². The topological polar surface area (TPSA) is 57.5 Å². The largest absolute Gasteiger partial charge is 0.507 e. The van der Waals surface area contributed by atoms with Crippen LogP contribution in [0.4, 0.5) is 0 Å². The summed E-state index contributed by atoms with van der Waals surface area (Å²) in [5.74, 6) is -0.0243. The van der Waals surface area contributed by atoms with Gasteiger partial charge in [0.05, 0.1) is 12.2 Å². The Kier molecular flexibility index (Phi) is 3.21. The Morgan fingerprint density at radius 1 is 1.00 bits per heavy atom. The minimum atomic E-state index is -0.0243. The average molecular weight is 228 g/mol. The molecule has 0 bridgehead atoms. The van der Waals surface area contributed by atoms with Gasteiger partial charge in [-0.3, -0.25) is 4.79 Å². The molecule has 17 heavy (non-hydrogen) atoms. The van der Waals surface area contributed by atoms with Crippen LogP contribution in [0.3, 0.4) is 0 Å². The number of carbonyl (C=O) groups excluding carboxylic acids is 1. The second-order valence-electron chi connectivity index (χ2n) is 3.75. The lowest BCUT2D eigenvalue weighted by Gasteiger charge is -2.05. The van der Waals surface area contributed by atoms with E-state index in [4.69, 9.17) is 5.11 Å². The van der Waals surface area contributed by atoms with E-state index in [0.29, 0.717) is 6.29 Å². The van der Waals surface area contributed by atoms with Crippen molar-refractivity contribution >= 4 is 6.29 Å². The molecule has 0 heterocycles. The minimum absolute atomic E-state index is 0.00953. The Labute approximate surface area is 99.0 Å². The number of hydrogen-bond acceptors (Lipinski definition) is 3. The lowest BCUT2D eigenvalue weighted by Crippen LogP contribution is -1.85. The maximum Gasteiger partial charge on any atom is 0.153 e. The van der Waals surface area contributed by atoms with Crippen LogP contribution in [0, 0.1) is 0 Å². The monoisotopic (exact) mass is 228 g/mol. The molecular formula is C14H12O3. The molecule has 0 fully saturated rings. The van der Waals surface area contributed by atoms with Crippen LogP contribution in [0.1, 0.15) is 15.9 Å². The summed E-state index contributed by atoms with van der Waals surface area (Å²) in [5.41, 5.74) is 2.87. The van der Waals surface area contributed by atoms with Gasteiger partial charge in [-0.05, 0) is 28.8 Å². The van der Waals surface area contributed by atoms with Crippen molar-refractivity contribution in [2.24, 2.45) is 0 Å². The van der Waals surface area contributed by atoms with E-state index >= 15 is 0 Å². The Balaban J connectivity index is 2.38. The highest BCUT2D eigenvalue weighted by atomic mass is 16.3. The molecule has 0 aromatic heterocycles. The molecule has 86 valence electrons. The fourth-order valence-corrected chi connectivity index (χ4v) is 1.63. The van der Waals surface area contributed by atoms with E-state index in [1.807, 2.05) is 24.3 Å². The summed E-state index contributed by atoms with van der Waals surface area (Å²) in [4.78, 5) is 10.6. The summed E-state index contributed by atoms with van der Waals surface area (Å²) in [5, 5.41) is 18.5. The van der Waals surface area contributed by atoms with Crippen molar-refractivity contribution in [3.05, 3.63) is 53.6 Å². The average Bonchev–Trinajstić information content (AvgIpc) is 2.39. The van der Waals surface area contributed by atoms with E-state index in [1.54, 1.807) is 18.2 Å². The molecule has 0 radical (unpaired) electrons.